The number of ether oxygens (including phenoxy) is 1. The van der Waals surface area contributed by atoms with Gasteiger partial charge in [0.25, 0.3) is 0 Å². The molecule has 0 radical (unpaired) electrons. The molecule has 150 valence electrons. The highest BCUT2D eigenvalue weighted by Crippen LogP contribution is 2.18. The van der Waals surface area contributed by atoms with Crippen molar-refractivity contribution in [3.8, 4) is 0 Å². The molecule has 0 saturated carbocycles. The van der Waals surface area contributed by atoms with Crippen molar-refractivity contribution in [1.82, 2.24) is 10.3 Å². The third kappa shape index (κ3) is 5.78. The van der Waals surface area contributed by atoms with Gasteiger partial charge in [0.2, 0.25) is 5.91 Å². The highest BCUT2D eigenvalue weighted by molar-refractivity contribution is 5.98. The minimum Gasteiger partial charge on any atom is -0.457 e. The van der Waals surface area contributed by atoms with E-state index in [4.69, 9.17) is 4.74 Å². The Hall–Kier alpha value is -3.41. The van der Waals surface area contributed by atoms with Crippen LogP contribution in [0.25, 0.3) is 10.9 Å². The standard InChI is InChI=1S/C23H24N2O4/c1-16(26)24-12-4-5-17-8-10-18(11-9-17)22(27)15-29-23(28)13-19-14-25-21-7-3-2-6-20(19)21/h2-3,6-11,14,25H,4-5,12-13,15H2,1H3,(H,24,26). The lowest BCUT2D eigenvalue weighted by Crippen LogP contribution is -2.21. The summed E-state index contributed by atoms with van der Waals surface area (Å²) < 4.78 is 5.17. The summed E-state index contributed by atoms with van der Waals surface area (Å²) in [5.74, 6) is -0.704. The molecule has 0 saturated heterocycles. The zero-order valence-corrected chi connectivity index (χ0v) is 16.4. The second kappa shape index (κ2) is 9.68. The van der Waals surface area contributed by atoms with Crippen LogP contribution in [-0.4, -0.2) is 35.8 Å². The van der Waals surface area contributed by atoms with E-state index in [0.29, 0.717) is 12.1 Å². The fourth-order valence-corrected chi connectivity index (χ4v) is 3.13. The number of carbonyl (C=O) groups is 3. The SMILES string of the molecule is CC(=O)NCCCc1ccc(C(=O)COC(=O)Cc2c[nH]c3ccccc23)cc1. The van der Waals surface area contributed by atoms with Gasteiger partial charge >= 0.3 is 5.97 Å². The van der Waals surface area contributed by atoms with Crippen molar-refractivity contribution in [2.24, 2.45) is 0 Å². The molecular formula is C23H24N2O4. The van der Waals surface area contributed by atoms with Crippen LogP contribution in [0.5, 0.6) is 0 Å². The van der Waals surface area contributed by atoms with Gasteiger partial charge in [0, 0.05) is 36.1 Å². The molecule has 0 aliphatic carbocycles. The third-order valence-corrected chi connectivity index (χ3v) is 4.67. The molecule has 1 aromatic heterocycles. The van der Waals surface area contributed by atoms with Gasteiger partial charge in [-0.3, -0.25) is 14.4 Å². The summed E-state index contributed by atoms with van der Waals surface area (Å²) in [6, 6.07) is 15.0. The van der Waals surface area contributed by atoms with Crippen LogP contribution < -0.4 is 5.32 Å². The van der Waals surface area contributed by atoms with Crippen LogP contribution in [0.3, 0.4) is 0 Å². The zero-order valence-electron chi connectivity index (χ0n) is 16.4. The molecule has 1 heterocycles. The summed E-state index contributed by atoms with van der Waals surface area (Å²) in [4.78, 5) is 38.4. The van der Waals surface area contributed by atoms with Crippen molar-refractivity contribution in [3.05, 3.63) is 71.4 Å². The molecule has 29 heavy (non-hydrogen) atoms. The monoisotopic (exact) mass is 392 g/mol. The van der Waals surface area contributed by atoms with Gasteiger partial charge in [-0.2, -0.15) is 0 Å². The second-order valence-corrected chi connectivity index (χ2v) is 6.90. The maximum Gasteiger partial charge on any atom is 0.310 e. The lowest BCUT2D eigenvalue weighted by atomic mass is 10.1. The van der Waals surface area contributed by atoms with Crippen molar-refractivity contribution in [3.63, 3.8) is 0 Å². The molecule has 0 atom stereocenters. The maximum absolute atomic E-state index is 12.3. The molecule has 2 N–H and O–H groups in total. The number of aromatic amines is 1. The van der Waals surface area contributed by atoms with Gasteiger partial charge in [-0.25, -0.2) is 0 Å². The molecule has 6 nitrogen and oxygen atoms in total. The summed E-state index contributed by atoms with van der Waals surface area (Å²) in [6.07, 6.45) is 3.55. The molecule has 0 spiro atoms. The average Bonchev–Trinajstić information content (AvgIpc) is 3.12. The van der Waals surface area contributed by atoms with Crippen LogP contribution in [-0.2, 0) is 27.2 Å². The number of aromatic nitrogens is 1. The Bertz CT molecular complexity index is 1010. The van der Waals surface area contributed by atoms with Crippen molar-refractivity contribution in [2.75, 3.05) is 13.2 Å². The molecule has 3 aromatic rings. The number of para-hydroxylation sites is 1. The van der Waals surface area contributed by atoms with E-state index >= 15 is 0 Å². The molecule has 0 fully saturated rings. The number of fused-ring (bicyclic) bond motifs is 1. The van der Waals surface area contributed by atoms with Gasteiger partial charge in [-0.05, 0) is 30.0 Å². The van der Waals surface area contributed by atoms with E-state index in [9.17, 15) is 14.4 Å². The number of rotatable bonds is 9. The van der Waals surface area contributed by atoms with Gasteiger partial charge < -0.3 is 15.0 Å². The van der Waals surface area contributed by atoms with Crippen LogP contribution in [0.2, 0.25) is 0 Å². The normalized spacial score (nSPS) is 10.7. The van der Waals surface area contributed by atoms with Crippen molar-refractivity contribution in [1.29, 1.82) is 0 Å². The third-order valence-electron chi connectivity index (χ3n) is 4.67. The Morgan fingerprint density at radius 2 is 1.79 bits per heavy atom. The summed E-state index contributed by atoms with van der Waals surface area (Å²) in [5.41, 5.74) is 3.41. The number of H-pyrrole nitrogens is 1. The Labute approximate surface area is 169 Å². The van der Waals surface area contributed by atoms with Crippen LogP contribution in [0.4, 0.5) is 0 Å². The number of benzene rings is 2. The number of Topliss-reactive ketones (excluding diaryl/α,β-unsaturated/α-hetero) is 1. The Morgan fingerprint density at radius 1 is 1.03 bits per heavy atom. The maximum atomic E-state index is 12.3. The quantitative estimate of drug-likeness (QED) is 0.332. The topological polar surface area (TPSA) is 88.3 Å². The fourth-order valence-electron chi connectivity index (χ4n) is 3.13. The summed E-state index contributed by atoms with van der Waals surface area (Å²) in [6.45, 7) is 1.85. The molecule has 0 aliphatic heterocycles. The number of hydrogen-bond donors (Lipinski definition) is 2. The van der Waals surface area contributed by atoms with Crippen LogP contribution in [0, 0.1) is 0 Å². The summed E-state index contributed by atoms with van der Waals surface area (Å²) in [7, 11) is 0. The number of amides is 1. The molecule has 6 heteroatoms. The first-order valence-electron chi connectivity index (χ1n) is 9.60. The molecule has 0 unspecified atom stereocenters. The van der Waals surface area contributed by atoms with Gasteiger partial charge in [0.1, 0.15) is 0 Å². The van der Waals surface area contributed by atoms with Crippen LogP contribution in [0.1, 0.15) is 34.8 Å². The Balaban J connectivity index is 1.46. The second-order valence-electron chi connectivity index (χ2n) is 6.90. The lowest BCUT2D eigenvalue weighted by Gasteiger charge is -2.06. The first kappa shape index (κ1) is 20.3. The van der Waals surface area contributed by atoms with E-state index in [-0.39, 0.29) is 24.7 Å². The predicted octanol–water partition coefficient (Wildman–Crippen LogP) is 3.21. The molecule has 1 amide bonds. The minimum absolute atomic E-state index is 0.0369. The average molecular weight is 392 g/mol. The first-order chi connectivity index (χ1) is 14.0. The van der Waals surface area contributed by atoms with Gasteiger partial charge in [0.05, 0.1) is 6.42 Å². The number of hydrogen-bond acceptors (Lipinski definition) is 4. The number of carbonyl (C=O) groups excluding carboxylic acids is 3. The van der Waals surface area contributed by atoms with E-state index in [1.54, 1.807) is 18.3 Å². The van der Waals surface area contributed by atoms with E-state index in [0.717, 1.165) is 34.9 Å². The molecule has 2 aromatic carbocycles. The number of esters is 1. The highest BCUT2D eigenvalue weighted by atomic mass is 16.5. The van der Waals surface area contributed by atoms with Gasteiger partial charge in [0.15, 0.2) is 12.4 Å². The zero-order chi connectivity index (χ0) is 20.6. The summed E-state index contributed by atoms with van der Waals surface area (Å²) >= 11 is 0. The van der Waals surface area contributed by atoms with Crippen molar-refractivity contribution < 1.29 is 19.1 Å². The smallest absolute Gasteiger partial charge is 0.310 e. The van der Waals surface area contributed by atoms with E-state index in [1.165, 1.54) is 6.92 Å². The predicted molar refractivity (Wildman–Crippen MR) is 111 cm³/mol. The molecule has 3 rings (SSSR count). The number of nitrogens with one attached hydrogen (secondary N) is 2. The minimum atomic E-state index is -0.433. The molecular weight excluding hydrogens is 368 g/mol. The fraction of sp³-hybridized carbons (Fsp3) is 0.261. The van der Waals surface area contributed by atoms with Crippen molar-refractivity contribution >= 4 is 28.6 Å². The van der Waals surface area contributed by atoms with Crippen LogP contribution >= 0.6 is 0 Å². The lowest BCUT2D eigenvalue weighted by molar-refractivity contribution is -0.141. The first-order valence-corrected chi connectivity index (χ1v) is 9.60. The van der Waals surface area contributed by atoms with Crippen molar-refractivity contribution in [2.45, 2.75) is 26.2 Å². The van der Waals surface area contributed by atoms with Gasteiger partial charge in [-0.1, -0.05) is 42.5 Å². The number of aryl methyl sites for hydroxylation is 1. The Morgan fingerprint density at radius 3 is 2.55 bits per heavy atom. The number of ketones is 1. The van der Waals surface area contributed by atoms with E-state index in [1.807, 2.05) is 36.4 Å². The van der Waals surface area contributed by atoms with E-state index in [2.05, 4.69) is 10.3 Å². The molecule has 0 bridgehead atoms. The summed E-state index contributed by atoms with van der Waals surface area (Å²) in [5, 5.41) is 3.73. The largest absolute Gasteiger partial charge is 0.457 e. The van der Waals surface area contributed by atoms with E-state index < -0.39 is 5.97 Å². The van der Waals surface area contributed by atoms with Crippen LogP contribution in [0.15, 0.2) is 54.7 Å². The molecule has 0 aliphatic rings. The Kier molecular flexibility index (Phi) is 6.79. The van der Waals surface area contributed by atoms with Gasteiger partial charge in [-0.15, -0.1) is 0 Å². The highest BCUT2D eigenvalue weighted by Gasteiger charge is 2.13.